The molecule has 0 fully saturated rings. The normalized spacial score (nSPS) is 11.4. The summed E-state index contributed by atoms with van der Waals surface area (Å²) in [5.41, 5.74) is 0.216. The zero-order valence-electron chi connectivity index (χ0n) is 10.4. The second kappa shape index (κ2) is 5.44. The molecule has 1 heterocycles. The second-order valence-corrected chi connectivity index (χ2v) is 3.84. The van der Waals surface area contributed by atoms with Crippen LogP contribution >= 0.6 is 0 Å². The van der Waals surface area contributed by atoms with Crippen molar-refractivity contribution in [2.24, 2.45) is 0 Å². The summed E-state index contributed by atoms with van der Waals surface area (Å²) in [5, 5.41) is 0. The van der Waals surface area contributed by atoms with E-state index in [0.717, 1.165) is 12.3 Å². The Labute approximate surface area is 112 Å². The zero-order chi connectivity index (χ0) is 14.8. The van der Waals surface area contributed by atoms with E-state index in [0.29, 0.717) is 6.61 Å². The van der Waals surface area contributed by atoms with Crippen LogP contribution < -0.4 is 4.74 Å². The van der Waals surface area contributed by atoms with Gasteiger partial charge in [-0.2, -0.15) is 13.2 Å². The predicted octanol–water partition coefficient (Wildman–Crippen LogP) is 3.70. The largest absolute Gasteiger partial charge is 0.491 e. The van der Waals surface area contributed by atoms with Gasteiger partial charge in [-0.15, -0.1) is 0 Å². The van der Waals surface area contributed by atoms with Gasteiger partial charge in [0, 0.05) is 11.8 Å². The molecule has 3 nitrogen and oxygen atoms in total. The van der Waals surface area contributed by atoms with E-state index in [1.807, 2.05) is 0 Å². The fourth-order valence-corrected chi connectivity index (χ4v) is 1.59. The molecule has 0 radical (unpaired) electrons. The highest BCUT2D eigenvalue weighted by atomic mass is 19.4. The first-order chi connectivity index (χ1) is 9.41. The van der Waals surface area contributed by atoms with Crippen LogP contribution in [0.3, 0.4) is 0 Å². The number of halogens is 4. The van der Waals surface area contributed by atoms with Crippen LogP contribution in [0.5, 0.6) is 5.75 Å². The monoisotopic (exact) mass is 286 g/mol. The van der Waals surface area contributed by atoms with Crippen LogP contribution in [0.15, 0.2) is 30.5 Å². The molecular formula is C13H10F4N2O. The molecular weight excluding hydrogens is 276 g/mol. The van der Waals surface area contributed by atoms with Gasteiger partial charge >= 0.3 is 6.18 Å². The Morgan fingerprint density at radius 1 is 1.20 bits per heavy atom. The fraction of sp³-hybridized carbons (Fsp3) is 0.231. The third kappa shape index (κ3) is 3.04. The van der Waals surface area contributed by atoms with Crippen molar-refractivity contribution in [3.05, 3.63) is 42.1 Å². The average molecular weight is 286 g/mol. The number of rotatable bonds is 3. The van der Waals surface area contributed by atoms with Crippen molar-refractivity contribution in [3.63, 3.8) is 0 Å². The van der Waals surface area contributed by atoms with Gasteiger partial charge in [-0.1, -0.05) is 0 Å². The number of hydrogen-bond acceptors (Lipinski definition) is 3. The Balaban J connectivity index is 2.39. The first kappa shape index (κ1) is 14.2. The summed E-state index contributed by atoms with van der Waals surface area (Å²) >= 11 is 0. The first-order valence-corrected chi connectivity index (χ1v) is 5.74. The van der Waals surface area contributed by atoms with Crippen molar-refractivity contribution in [3.8, 4) is 17.0 Å². The van der Waals surface area contributed by atoms with Crippen LogP contribution in [0.25, 0.3) is 11.3 Å². The van der Waals surface area contributed by atoms with Crippen LogP contribution in [0.2, 0.25) is 0 Å². The lowest BCUT2D eigenvalue weighted by Gasteiger charge is -2.08. The topological polar surface area (TPSA) is 35.0 Å². The number of benzene rings is 1. The number of alkyl halides is 3. The van der Waals surface area contributed by atoms with Crippen LogP contribution in [0.4, 0.5) is 17.6 Å². The van der Waals surface area contributed by atoms with E-state index >= 15 is 0 Å². The third-order valence-corrected chi connectivity index (χ3v) is 2.44. The summed E-state index contributed by atoms with van der Waals surface area (Å²) in [6.07, 6.45) is -3.65. The van der Waals surface area contributed by atoms with Crippen molar-refractivity contribution in [1.82, 2.24) is 9.97 Å². The number of nitrogens with zero attached hydrogens (tertiary/aromatic N) is 2. The van der Waals surface area contributed by atoms with E-state index in [1.54, 1.807) is 6.92 Å². The van der Waals surface area contributed by atoms with Crippen LogP contribution in [0.1, 0.15) is 12.7 Å². The van der Waals surface area contributed by atoms with Crippen LogP contribution in [0, 0.1) is 5.82 Å². The summed E-state index contributed by atoms with van der Waals surface area (Å²) in [4.78, 5) is 6.54. The third-order valence-electron chi connectivity index (χ3n) is 2.44. The van der Waals surface area contributed by atoms with Crippen molar-refractivity contribution in [1.29, 1.82) is 0 Å². The fourth-order valence-electron chi connectivity index (χ4n) is 1.59. The molecule has 2 rings (SSSR count). The highest BCUT2D eigenvalue weighted by Gasteiger charge is 2.34. The molecule has 0 amide bonds. The predicted molar refractivity (Wildman–Crippen MR) is 63.6 cm³/mol. The van der Waals surface area contributed by atoms with Crippen molar-refractivity contribution >= 4 is 0 Å². The Bertz CT molecular complexity index is 614. The van der Waals surface area contributed by atoms with Crippen LogP contribution in [-0.2, 0) is 6.18 Å². The highest BCUT2D eigenvalue weighted by Crippen LogP contribution is 2.29. The van der Waals surface area contributed by atoms with E-state index in [1.165, 1.54) is 18.2 Å². The Morgan fingerprint density at radius 2 is 1.95 bits per heavy atom. The molecule has 7 heteroatoms. The maximum absolute atomic E-state index is 13.7. The molecule has 0 bridgehead atoms. The Morgan fingerprint density at radius 3 is 2.55 bits per heavy atom. The molecule has 0 saturated heterocycles. The Kier molecular flexibility index (Phi) is 3.87. The van der Waals surface area contributed by atoms with E-state index in [9.17, 15) is 17.6 Å². The van der Waals surface area contributed by atoms with Crippen molar-refractivity contribution in [2.75, 3.05) is 6.61 Å². The van der Waals surface area contributed by atoms with E-state index < -0.39 is 17.8 Å². The zero-order valence-corrected chi connectivity index (χ0v) is 10.4. The minimum absolute atomic E-state index is 0.00530. The molecule has 0 saturated carbocycles. The maximum Gasteiger partial charge on any atom is 0.451 e. The molecule has 0 atom stereocenters. The lowest BCUT2D eigenvalue weighted by Crippen LogP contribution is -2.11. The molecule has 106 valence electrons. The number of hydrogen-bond donors (Lipinski definition) is 0. The molecule has 0 N–H and O–H groups in total. The molecule has 0 aliphatic heterocycles. The van der Waals surface area contributed by atoms with Crippen molar-refractivity contribution < 1.29 is 22.3 Å². The maximum atomic E-state index is 13.7. The van der Waals surface area contributed by atoms with Gasteiger partial charge < -0.3 is 4.74 Å². The first-order valence-electron chi connectivity index (χ1n) is 5.74. The molecule has 0 spiro atoms. The van der Waals surface area contributed by atoms with E-state index in [-0.39, 0.29) is 17.0 Å². The molecule has 20 heavy (non-hydrogen) atoms. The molecule has 1 aromatic carbocycles. The smallest absolute Gasteiger partial charge is 0.451 e. The van der Waals surface area contributed by atoms with E-state index in [2.05, 4.69) is 9.97 Å². The summed E-state index contributed by atoms with van der Waals surface area (Å²) in [7, 11) is 0. The van der Waals surface area contributed by atoms with Gasteiger partial charge in [-0.25, -0.2) is 14.4 Å². The Hall–Kier alpha value is -2.18. The van der Waals surface area contributed by atoms with E-state index in [4.69, 9.17) is 4.74 Å². The van der Waals surface area contributed by atoms with Gasteiger partial charge in [-0.05, 0) is 31.2 Å². The average Bonchev–Trinajstić information content (AvgIpc) is 2.40. The standard InChI is InChI=1S/C13H10F4N2O/c1-2-20-11-4-3-8(7-9(11)14)10-5-6-18-12(19-10)13(15,16)17/h3-7H,2H2,1H3. The van der Waals surface area contributed by atoms with Gasteiger partial charge in [0.25, 0.3) is 0 Å². The summed E-state index contributed by atoms with van der Waals surface area (Å²) in [6, 6.07) is 5.15. The SMILES string of the molecule is CCOc1ccc(-c2ccnc(C(F)(F)F)n2)cc1F. The second-order valence-electron chi connectivity index (χ2n) is 3.84. The molecule has 2 aromatic rings. The van der Waals surface area contributed by atoms with Gasteiger partial charge in [0.2, 0.25) is 5.82 Å². The summed E-state index contributed by atoms with van der Waals surface area (Å²) in [6.45, 7) is 2.00. The summed E-state index contributed by atoms with van der Waals surface area (Å²) in [5.74, 6) is -1.87. The molecule has 0 aliphatic rings. The molecule has 0 aliphatic carbocycles. The number of ether oxygens (including phenoxy) is 1. The number of aromatic nitrogens is 2. The van der Waals surface area contributed by atoms with Crippen molar-refractivity contribution in [2.45, 2.75) is 13.1 Å². The highest BCUT2D eigenvalue weighted by molar-refractivity contribution is 5.60. The lowest BCUT2D eigenvalue weighted by molar-refractivity contribution is -0.144. The molecule has 0 unspecified atom stereocenters. The van der Waals surface area contributed by atoms with Gasteiger partial charge in [0.05, 0.1) is 12.3 Å². The van der Waals surface area contributed by atoms with Crippen LogP contribution in [-0.4, -0.2) is 16.6 Å². The minimum Gasteiger partial charge on any atom is -0.491 e. The van der Waals surface area contributed by atoms with Gasteiger partial charge in [0.1, 0.15) is 0 Å². The molecule has 1 aromatic heterocycles. The van der Waals surface area contributed by atoms with Gasteiger partial charge in [0.15, 0.2) is 11.6 Å². The summed E-state index contributed by atoms with van der Waals surface area (Å²) < 4.78 is 56.2. The lowest BCUT2D eigenvalue weighted by atomic mass is 10.1. The quantitative estimate of drug-likeness (QED) is 0.807. The van der Waals surface area contributed by atoms with Gasteiger partial charge in [-0.3, -0.25) is 0 Å². The minimum atomic E-state index is -4.64.